The first-order valence-corrected chi connectivity index (χ1v) is 12.9. The van der Waals surface area contributed by atoms with Gasteiger partial charge >= 0.3 is 0 Å². The average molecular weight is 562 g/mol. The van der Waals surface area contributed by atoms with Crippen molar-refractivity contribution in [3.63, 3.8) is 0 Å². The Hall–Kier alpha value is -2.23. The van der Waals surface area contributed by atoms with Gasteiger partial charge in [-0.1, -0.05) is 61.9 Å². The minimum Gasteiger partial charge on any atom is -0.326 e. The Morgan fingerprint density at radius 1 is 0.969 bits per heavy atom. The summed E-state index contributed by atoms with van der Waals surface area (Å²) in [5.74, 6) is -0.0152. The second kappa shape index (κ2) is 10.6. The number of sulfonamides is 1. The molecule has 0 fully saturated rings. The number of carbonyl (C=O) groups is 1. The molecule has 0 radical (unpaired) electrons. The van der Waals surface area contributed by atoms with Crippen molar-refractivity contribution in [2.45, 2.75) is 44.0 Å². The van der Waals surface area contributed by atoms with Crippen molar-refractivity contribution < 1.29 is 13.2 Å². The van der Waals surface area contributed by atoms with E-state index in [0.717, 1.165) is 25.9 Å². The number of amides is 1. The van der Waals surface area contributed by atoms with Gasteiger partial charge in [0.15, 0.2) is 0 Å². The van der Waals surface area contributed by atoms with Crippen LogP contribution in [0.15, 0.2) is 77.7 Å². The number of anilines is 1. The summed E-state index contributed by atoms with van der Waals surface area (Å²) in [4.78, 5) is 13.1. The largest absolute Gasteiger partial charge is 0.326 e. The smallest absolute Gasteiger partial charge is 0.241 e. The van der Waals surface area contributed by atoms with Crippen molar-refractivity contribution in [3.8, 4) is 0 Å². The highest BCUT2D eigenvalue weighted by Gasteiger charge is 2.24. The Morgan fingerprint density at radius 2 is 1.62 bits per heavy atom. The van der Waals surface area contributed by atoms with Gasteiger partial charge in [-0.3, -0.25) is 4.79 Å². The molecule has 0 spiro atoms. The number of halogens is 1. The molecule has 168 valence electrons. The monoisotopic (exact) mass is 562 g/mol. The fourth-order valence-electron chi connectivity index (χ4n) is 3.40. The molecule has 3 aromatic carbocycles. The fourth-order valence-corrected chi connectivity index (χ4v) is 5.14. The lowest BCUT2D eigenvalue weighted by Crippen LogP contribution is -2.31. The number of aryl methyl sites for hydroxylation is 1. The summed E-state index contributed by atoms with van der Waals surface area (Å²) in [6.45, 7) is 6.05. The zero-order valence-electron chi connectivity index (χ0n) is 18.3. The zero-order chi connectivity index (χ0) is 23.3. The molecule has 1 amide bonds. The number of hydrogen-bond acceptors (Lipinski definition) is 3. The number of hydrogen-bond donors (Lipinski definition) is 2. The van der Waals surface area contributed by atoms with Gasteiger partial charge in [0, 0.05) is 15.7 Å². The summed E-state index contributed by atoms with van der Waals surface area (Å²) in [6, 6.07) is 21.0. The normalized spacial score (nSPS) is 12.5. The predicted molar refractivity (Wildman–Crippen MR) is 137 cm³/mol. The van der Waals surface area contributed by atoms with E-state index in [0.29, 0.717) is 0 Å². The Kier molecular flexibility index (Phi) is 8.08. The summed E-state index contributed by atoms with van der Waals surface area (Å²) < 4.78 is 29.8. The van der Waals surface area contributed by atoms with Crippen LogP contribution in [0.2, 0.25) is 0 Å². The van der Waals surface area contributed by atoms with E-state index in [4.69, 9.17) is 0 Å². The van der Waals surface area contributed by atoms with Gasteiger partial charge in [-0.15, -0.1) is 0 Å². The summed E-state index contributed by atoms with van der Waals surface area (Å²) in [7, 11) is -3.80. The molecular formula is C25H27IN2O3S. The molecular weight excluding hydrogens is 535 g/mol. The predicted octanol–water partition coefficient (Wildman–Crippen LogP) is 5.77. The quantitative estimate of drug-likeness (QED) is 0.343. The van der Waals surface area contributed by atoms with E-state index in [9.17, 15) is 13.2 Å². The van der Waals surface area contributed by atoms with Crippen LogP contribution in [0.25, 0.3) is 0 Å². The molecule has 7 heteroatoms. The standard InChI is InChI=1S/C25H27IN2O3S/c1-17(2)22-15-20(26)11-14-23(22)27-25(29)16-24(19-7-5-4-6-8-19)28-32(30,31)21-12-9-18(3)10-13-21/h4-15,17,24,28H,16H2,1-3H3,(H,27,29)/t24-/m0/s1. The number of nitrogens with one attached hydrogen (secondary N) is 2. The molecule has 0 aliphatic carbocycles. The number of rotatable bonds is 8. The maximum absolute atomic E-state index is 13.0. The minimum absolute atomic E-state index is 0.0291. The third kappa shape index (κ3) is 6.40. The van der Waals surface area contributed by atoms with Crippen LogP contribution in [0.1, 0.15) is 48.9 Å². The van der Waals surface area contributed by atoms with E-state index in [1.807, 2.05) is 49.4 Å². The summed E-state index contributed by atoms with van der Waals surface area (Å²) >= 11 is 2.25. The van der Waals surface area contributed by atoms with Crippen molar-refractivity contribution in [2.24, 2.45) is 0 Å². The molecule has 1 atom stereocenters. The number of carbonyl (C=O) groups excluding carboxylic acids is 1. The third-order valence-electron chi connectivity index (χ3n) is 5.13. The van der Waals surface area contributed by atoms with Gasteiger partial charge in [0.05, 0.1) is 10.9 Å². The topological polar surface area (TPSA) is 75.3 Å². The molecule has 0 unspecified atom stereocenters. The van der Waals surface area contributed by atoms with E-state index >= 15 is 0 Å². The van der Waals surface area contributed by atoms with Crippen LogP contribution in [0.3, 0.4) is 0 Å². The van der Waals surface area contributed by atoms with Crippen molar-refractivity contribution in [1.29, 1.82) is 0 Å². The van der Waals surface area contributed by atoms with E-state index in [1.54, 1.807) is 24.3 Å². The molecule has 0 aliphatic heterocycles. The van der Waals surface area contributed by atoms with Gasteiger partial charge in [-0.05, 0) is 76.9 Å². The zero-order valence-corrected chi connectivity index (χ0v) is 21.3. The van der Waals surface area contributed by atoms with Crippen LogP contribution in [-0.2, 0) is 14.8 Å². The lowest BCUT2D eigenvalue weighted by Gasteiger charge is -2.20. The van der Waals surface area contributed by atoms with Gasteiger partial charge in [0.1, 0.15) is 0 Å². The molecule has 3 aromatic rings. The van der Waals surface area contributed by atoms with Crippen LogP contribution >= 0.6 is 22.6 Å². The van der Waals surface area contributed by atoms with E-state index in [-0.39, 0.29) is 23.1 Å². The highest BCUT2D eigenvalue weighted by atomic mass is 127. The van der Waals surface area contributed by atoms with E-state index < -0.39 is 16.1 Å². The van der Waals surface area contributed by atoms with Crippen LogP contribution < -0.4 is 10.0 Å². The van der Waals surface area contributed by atoms with Crippen LogP contribution in [0, 0.1) is 10.5 Å². The summed E-state index contributed by atoms with van der Waals surface area (Å²) in [6.07, 6.45) is -0.0291. The van der Waals surface area contributed by atoms with Crippen molar-refractivity contribution in [2.75, 3.05) is 5.32 Å². The van der Waals surface area contributed by atoms with Gasteiger partial charge < -0.3 is 5.32 Å². The Labute approximate surface area is 203 Å². The molecule has 2 N–H and O–H groups in total. The molecule has 0 heterocycles. The van der Waals surface area contributed by atoms with Crippen LogP contribution in [0.4, 0.5) is 5.69 Å². The molecule has 0 saturated carbocycles. The first-order valence-electron chi connectivity index (χ1n) is 10.4. The average Bonchev–Trinajstić information content (AvgIpc) is 2.75. The van der Waals surface area contributed by atoms with E-state index in [2.05, 4.69) is 52.5 Å². The SMILES string of the molecule is Cc1ccc(S(=O)(=O)N[C@@H](CC(=O)Nc2ccc(I)cc2C(C)C)c2ccccc2)cc1. The number of benzene rings is 3. The lowest BCUT2D eigenvalue weighted by molar-refractivity contribution is -0.116. The van der Waals surface area contributed by atoms with Crippen LogP contribution in [-0.4, -0.2) is 14.3 Å². The summed E-state index contributed by atoms with van der Waals surface area (Å²) in [5, 5.41) is 2.98. The van der Waals surface area contributed by atoms with Gasteiger partial charge in [-0.2, -0.15) is 0 Å². The van der Waals surface area contributed by atoms with Gasteiger partial charge in [0.25, 0.3) is 0 Å². The fraction of sp³-hybridized carbons (Fsp3) is 0.240. The molecule has 0 aliphatic rings. The molecule has 0 saturated heterocycles. The summed E-state index contributed by atoms with van der Waals surface area (Å²) in [5.41, 5.74) is 3.49. The minimum atomic E-state index is -3.80. The van der Waals surface area contributed by atoms with Gasteiger partial charge in [0.2, 0.25) is 15.9 Å². The van der Waals surface area contributed by atoms with E-state index in [1.165, 1.54) is 0 Å². The molecule has 5 nitrogen and oxygen atoms in total. The molecule has 0 bridgehead atoms. The third-order valence-corrected chi connectivity index (χ3v) is 7.29. The van der Waals surface area contributed by atoms with Crippen molar-refractivity contribution >= 4 is 44.2 Å². The first kappa shape index (κ1) is 24.4. The highest BCUT2D eigenvalue weighted by molar-refractivity contribution is 14.1. The maximum atomic E-state index is 13.0. The highest BCUT2D eigenvalue weighted by Crippen LogP contribution is 2.27. The molecule has 3 rings (SSSR count). The second-order valence-electron chi connectivity index (χ2n) is 8.04. The lowest BCUT2D eigenvalue weighted by atomic mass is 10.0. The van der Waals surface area contributed by atoms with Crippen molar-refractivity contribution in [1.82, 2.24) is 4.72 Å². The first-order chi connectivity index (χ1) is 15.2. The molecule has 32 heavy (non-hydrogen) atoms. The Balaban J connectivity index is 1.84. The van der Waals surface area contributed by atoms with Crippen molar-refractivity contribution in [3.05, 3.63) is 93.1 Å². The Morgan fingerprint density at radius 3 is 2.25 bits per heavy atom. The van der Waals surface area contributed by atoms with Gasteiger partial charge in [-0.25, -0.2) is 13.1 Å². The second-order valence-corrected chi connectivity index (χ2v) is 11.0. The van der Waals surface area contributed by atoms with Crippen LogP contribution in [0.5, 0.6) is 0 Å². The Bertz CT molecular complexity index is 1180. The maximum Gasteiger partial charge on any atom is 0.241 e. The molecule has 0 aromatic heterocycles.